The molecule has 1 saturated heterocycles. The van der Waals surface area contributed by atoms with Gasteiger partial charge in [0.05, 0.1) is 19.8 Å². The molecule has 1 aliphatic rings. The molecule has 0 aromatic heterocycles. The fourth-order valence-corrected chi connectivity index (χ4v) is 1.48. The van der Waals surface area contributed by atoms with Crippen LogP contribution in [0.2, 0.25) is 0 Å². The smallest absolute Gasteiger partial charge is 0.0564 e. The van der Waals surface area contributed by atoms with Crippen LogP contribution in [-0.4, -0.2) is 40.1 Å². The quantitative estimate of drug-likeness (QED) is 0.562. The first-order valence-electron chi connectivity index (χ1n) is 5.41. The van der Waals surface area contributed by atoms with E-state index in [1.165, 1.54) is 6.42 Å². The number of ether oxygens (including phenoxy) is 3. The van der Waals surface area contributed by atoms with Crippen molar-refractivity contribution >= 4 is 0 Å². The van der Waals surface area contributed by atoms with Crippen LogP contribution in [0.4, 0.5) is 0 Å². The number of hydrogen-bond acceptors (Lipinski definition) is 3. The molecule has 1 fully saturated rings. The highest BCUT2D eigenvalue weighted by Gasteiger charge is 2.33. The first kappa shape index (κ1) is 12.0. The molecular formula is C11H22O3. The Morgan fingerprint density at radius 1 is 1.14 bits per heavy atom. The topological polar surface area (TPSA) is 27.7 Å². The molecule has 0 N–H and O–H groups in total. The largest absolute Gasteiger partial charge is 0.385 e. The van der Waals surface area contributed by atoms with Crippen LogP contribution >= 0.6 is 0 Å². The molecule has 3 heteroatoms. The average Bonchev–Trinajstić information content (AvgIpc) is 2.14. The van der Waals surface area contributed by atoms with Crippen molar-refractivity contribution in [3.05, 3.63) is 0 Å². The summed E-state index contributed by atoms with van der Waals surface area (Å²) in [7, 11) is 1.74. The lowest BCUT2D eigenvalue weighted by Gasteiger charge is -2.37. The van der Waals surface area contributed by atoms with Crippen molar-refractivity contribution in [2.24, 2.45) is 5.41 Å². The van der Waals surface area contributed by atoms with E-state index in [0.717, 1.165) is 45.9 Å². The normalized spacial score (nSPS) is 19.3. The van der Waals surface area contributed by atoms with Crippen molar-refractivity contribution in [3.63, 3.8) is 0 Å². The lowest BCUT2D eigenvalue weighted by atomic mass is 9.90. The van der Waals surface area contributed by atoms with Gasteiger partial charge in [-0.3, -0.25) is 0 Å². The first-order chi connectivity index (χ1) is 6.77. The molecule has 0 saturated carbocycles. The van der Waals surface area contributed by atoms with E-state index in [1.54, 1.807) is 7.11 Å². The van der Waals surface area contributed by atoms with Gasteiger partial charge in [0.1, 0.15) is 0 Å². The van der Waals surface area contributed by atoms with E-state index >= 15 is 0 Å². The third-order valence-corrected chi connectivity index (χ3v) is 2.49. The van der Waals surface area contributed by atoms with Crippen LogP contribution in [-0.2, 0) is 14.2 Å². The molecule has 0 aliphatic carbocycles. The highest BCUT2D eigenvalue weighted by Crippen LogP contribution is 2.26. The van der Waals surface area contributed by atoms with Gasteiger partial charge >= 0.3 is 0 Å². The van der Waals surface area contributed by atoms with Crippen LogP contribution in [0, 0.1) is 5.41 Å². The summed E-state index contributed by atoms with van der Waals surface area (Å²) in [4.78, 5) is 0. The average molecular weight is 202 g/mol. The molecular weight excluding hydrogens is 180 g/mol. The monoisotopic (exact) mass is 202 g/mol. The van der Waals surface area contributed by atoms with E-state index in [1.807, 2.05) is 0 Å². The predicted octanol–water partition coefficient (Wildman–Crippen LogP) is 1.86. The van der Waals surface area contributed by atoms with Crippen molar-refractivity contribution < 1.29 is 14.2 Å². The molecule has 14 heavy (non-hydrogen) atoms. The van der Waals surface area contributed by atoms with Crippen LogP contribution in [0.3, 0.4) is 0 Å². The van der Waals surface area contributed by atoms with Gasteiger partial charge in [-0.1, -0.05) is 6.92 Å². The van der Waals surface area contributed by atoms with Gasteiger partial charge in [-0.15, -0.1) is 0 Å². The maximum Gasteiger partial charge on any atom is 0.0564 e. The van der Waals surface area contributed by atoms with E-state index in [2.05, 4.69) is 6.92 Å². The van der Waals surface area contributed by atoms with E-state index in [-0.39, 0.29) is 0 Å². The zero-order valence-corrected chi connectivity index (χ0v) is 9.38. The summed E-state index contributed by atoms with van der Waals surface area (Å²) in [6.45, 7) is 6.51. The highest BCUT2D eigenvalue weighted by molar-refractivity contribution is 4.79. The predicted molar refractivity (Wildman–Crippen MR) is 55.5 cm³/mol. The number of hydrogen-bond donors (Lipinski definition) is 0. The lowest BCUT2D eigenvalue weighted by molar-refractivity contribution is -0.138. The Balaban J connectivity index is 1.80. The summed E-state index contributed by atoms with van der Waals surface area (Å²) >= 11 is 0. The zero-order valence-electron chi connectivity index (χ0n) is 9.38. The fourth-order valence-electron chi connectivity index (χ4n) is 1.48. The van der Waals surface area contributed by atoms with Crippen molar-refractivity contribution in [1.29, 1.82) is 0 Å². The van der Waals surface area contributed by atoms with E-state index < -0.39 is 0 Å². The van der Waals surface area contributed by atoms with Gasteiger partial charge in [0.15, 0.2) is 0 Å². The van der Waals surface area contributed by atoms with Crippen molar-refractivity contribution in [2.75, 3.05) is 40.1 Å². The van der Waals surface area contributed by atoms with Crippen LogP contribution in [0.25, 0.3) is 0 Å². The summed E-state index contributed by atoms with van der Waals surface area (Å²) in [5, 5.41) is 0. The van der Waals surface area contributed by atoms with Gasteiger partial charge in [0, 0.05) is 25.7 Å². The Hall–Kier alpha value is -0.120. The molecule has 0 aromatic rings. The van der Waals surface area contributed by atoms with Crippen LogP contribution in [0.1, 0.15) is 26.2 Å². The molecule has 84 valence electrons. The summed E-state index contributed by atoms with van der Waals surface area (Å²) in [5.41, 5.74) is 0.298. The highest BCUT2D eigenvalue weighted by atomic mass is 16.5. The minimum atomic E-state index is 0.298. The summed E-state index contributed by atoms with van der Waals surface area (Å²) in [6, 6.07) is 0. The summed E-state index contributed by atoms with van der Waals surface area (Å²) in [5.74, 6) is 0. The molecule has 0 amide bonds. The number of methoxy groups -OCH3 is 1. The maximum atomic E-state index is 5.60. The van der Waals surface area contributed by atoms with Gasteiger partial charge in [0.25, 0.3) is 0 Å². The maximum absolute atomic E-state index is 5.60. The Kier molecular flexibility index (Phi) is 5.45. The van der Waals surface area contributed by atoms with Crippen molar-refractivity contribution in [2.45, 2.75) is 26.2 Å². The first-order valence-corrected chi connectivity index (χ1v) is 5.41. The SMILES string of the molecule is COCCCCCOCC1(C)COC1. The molecule has 0 bridgehead atoms. The zero-order chi connectivity index (χ0) is 10.3. The lowest BCUT2D eigenvalue weighted by Crippen LogP contribution is -2.43. The number of rotatable bonds is 8. The molecule has 1 aliphatic heterocycles. The van der Waals surface area contributed by atoms with Crippen LogP contribution in [0.5, 0.6) is 0 Å². The van der Waals surface area contributed by atoms with E-state index in [0.29, 0.717) is 5.41 Å². The van der Waals surface area contributed by atoms with Crippen molar-refractivity contribution in [3.8, 4) is 0 Å². The minimum absolute atomic E-state index is 0.298. The molecule has 0 aromatic carbocycles. The van der Waals surface area contributed by atoms with Gasteiger partial charge in [-0.2, -0.15) is 0 Å². The van der Waals surface area contributed by atoms with E-state index in [9.17, 15) is 0 Å². The molecule has 1 rings (SSSR count). The minimum Gasteiger partial charge on any atom is -0.385 e. The summed E-state index contributed by atoms with van der Waals surface area (Å²) < 4.78 is 15.7. The number of unbranched alkanes of at least 4 members (excludes halogenated alkanes) is 2. The van der Waals surface area contributed by atoms with Gasteiger partial charge in [-0.05, 0) is 19.3 Å². The summed E-state index contributed by atoms with van der Waals surface area (Å²) in [6.07, 6.45) is 3.47. The third-order valence-electron chi connectivity index (χ3n) is 2.49. The Morgan fingerprint density at radius 3 is 2.43 bits per heavy atom. The molecule has 0 atom stereocenters. The van der Waals surface area contributed by atoms with Gasteiger partial charge in [0.2, 0.25) is 0 Å². The molecule has 0 unspecified atom stereocenters. The Bertz CT molecular complexity index is 143. The second kappa shape index (κ2) is 6.38. The Morgan fingerprint density at radius 2 is 1.86 bits per heavy atom. The van der Waals surface area contributed by atoms with Gasteiger partial charge in [-0.25, -0.2) is 0 Å². The standard InChI is InChI=1S/C11H22O3/c1-11(9-14-10-11)8-13-7-5-3-4-6-12-2/h3-10H2,1-2H3. The molecule has 1 heterocycles. The van der Waals surface area contributed by atoms with E-state index in [4.69, 9.17) is 14.2 Å². The van der Waals surface area contributed by atoms with Crippen LogP contribution in [0.15, 0.2) is 0 Å². The van der Waals surface area contributed by atoms with Crippen LogP contribution < -0.4 is 0 Å². The fraction of sp³-hybridized carbons (Fsp3) is 1.00. The molecule has 3 nitrogen and oxygen atoms in total. The molecule has 0 spiro atoms. The second-order valence-corrected chi connectivity index (χ2v) is 4.41. The Labute approximate surface area is 86.7 Å². The van der Waals surface area contributed by atoms with Crippen molar-refractivity contribution in [1.82, 2.24) is 0 Å². The van der Waals surface area contributed by atoms with Gasteiger partial charge < -0.3 is 14.2 Å². The third kappa shape index (κ3) is 4.40. The second-order valence-electron chi connectivity index (χ2n) is 4.41. The molecule has 0 radical (unpaired) electrons.